The van der Waals surface area contributed by atoms with E-state index in [1.807, 2.05) is 31.2 Å². The first kappa shape index (κ1) is 14.4. The van der Waals surface area contributed by atoms with Gasteiger partial charge in [0.25, 0.3) is 0 Å². The summed E-state index contributed by atoms with van der Waals surface area (Å²) in [6.07, 6.45) is 1.40. The molecule has 116 valence electrons. The predicted molar refractivity (Wildman–Crippen MR) is 95.9 cm³/mol. The van der Waals surface area contributed by atoms with Crippen molar-refractivity contribution in [2.24, 2.45) is 4.99 Å². The van der Waals surface area contributed by atoms with Gasteiger partial charge in [0, 0.05) is 27.8 Å². The van der Waals surface area contributed by atoms with Gasteiger partial charge in [0.2, 0.25) is 0 Å². The Kier molecular flexibility index (Phi) is 3.42. The Morgan fingerprint density at radius 3 is 2.74 bits per heavy atom. The molecule has 0 amide bonds. The fourth-order valence-electron chi connectivity index (χ4n) is 3.38. The Bertz CT molecular complexity index is 860. The standard InChI is InChI=1S/C19H18N2OS/c1-11-7-8-18(23-11)13-9-16-19(17(22)10-13)12(2)20-14-5-3-4-6-15(14)21-16/h3-8,13,20H,9-10H2,1-2H3/t13-/m0/s1. The molecule has 4 heteroatoms. The lowest BCUT2D eigenvalue weighted by atomic mass is 9.81. The maximum atomic E-state index is 12.8. The summed E-state index contributed by atoms with van der Waals surface area (Å²) in [7, 11) is 0. The smallest absolute Gasteiger partial charge is 0.167 e. The van der Waals surface area contributed by atoms with Crippen LogP contribution in [0.3, 0.4) is 0 Å². The van der Waals surface area contributed by atoms with Crippen molar-refractivity contribution in [3.63, 3.8) is 0 Å². The minimum Gasteiger partial charge on any atom is -0.357 e. The zero-order valence-electron chi connectivity index (χ0n) is 13.2. The highest BCUT2D eigenvalue weighted by atomic mass is 32.1. The van der Waals surface area contributed by atoms with E-state index < -0.39 is 0 Å². The van der Waals surface area contributed by atoms with Gasteiger partial charge in [-0.3, -0.25) is 9.79 Å². The number of hydrogen-bond acceptors (Lipinski definition) is 4. The number of benzene rings is 1. The van der Waals surface area contributed by atoms with E-state index >= 15 is 0 Å². The number of nitrogens with one attached hydrogen (secondary N) is 1. The van der Waals surface area contributed by atoms with Gasteiger partial charge in [0.05, 0.1) is 22.7 Å². The molecule has 1 aromatic carbocycles. The van der Waals surface area contributed by atoms with Crippen LogP contribution in [-0.4, -0.2) is 11.5 Å². The molecule has 0 bridgehead atoms. The zero-order valence-corrected chi connectivity index (χ0v) is 14.0. The molecule has 0 spiro atoms. The summed E-state index contributed by atoms with van der Waals surface area (Å²) in [6, 6.07) is 12.3. The van der Waals surface area contributed by atoms with Crippen LogP contribution >= 0.6 is 11.3 Å². The minimum absolute atomic E-state index is 0.198. The molecule has 2 aliphatic rings. The van der Waals surface area contributed by atoms with Crippen LogP contribution < -0.4 is 5.32 Å². The number of anilines is 1. The van der Waals surface area contributed by atoms with Crippen LogP contribution in [-0.2, 0) is 4.79 Å². The molecular weight excluding hydrogens is 304 g/mol. The van der Waals surface area contributed by atoms with Gasteiger partial charge in [-0.2, -0.15) is 0 Å². The van der Waals surface area contributed by atoms with Gasteiger partial charge < -0.3 is 5.32 Å². The third kappa shape index (κ3) is 2.53. The van der Waals surface area contributed by atoms with E-state index in [-0.39, 0.29) is 11.7 Å². The van der Waals surface area contributed by atoms with Crippen molar-refractivity contribution in [3.8, 4) is 0 Å². The number of allylic oxidation sites excluding steroid dienone is 2. The fourth-order valence-corrected chi connectivity index (χ4v) is 4.36. The number of thiophene rings is 1. The van der Waals surface area contributed by atoms with Crippen molar-refractivity contribution in [2.75, 3.05) is 5.32 Å². The van der Waals surface area contributed by atoms with E-state index in [4.69, 9.17) is 4.99 Å². The van der Waals surface area contributed by atoms with Crippen LogP contribution in [0.15, 0.2) is 52.7 Å². The molecule has 23 heavy (non-hydrogen) atoms. The summed E-state index contributed by atoms with van der Waals surface area (Å²) >= 11 is 1.79. The van der Waals surface area contributed by atoms with Crippen LogP contribution in [0.5, 0.6) is 0 Å². The van der Waals surface area contributed by atoms with Crippen molar-refractivity contribution < 1.29 is 4.79 Å². The Morgan fingerprint density at radius 2 is 1.96 bits per heavy atom. The normalized spacial score (nSPS) is 20.3. The van der Waals surface area contributed by atoms with Crippen molar-refractivity contribution in [1.29, 1.82) is 0 Å². The molecule has 1 N–H and O–H groups in total. The number of carbonyl (C=O) groups excluding carboxylic acids is 1. The number of nitrogens with zero attached hydrogens (tertiary/aromatic N) is 1. The van der Waals surface area contributed by atoms with Crippen LogP contribution in [0.2, 0.25) is 0 Å². The number of rotatable bonds is 1. The number of carbonyl (C=O) groups is 1. The fraction of sp³-hybridized carbons (Fsp3) is 0.263. The molecule has 2 aromatic rings. The number of hydrogen-bond donors (Lipinski definition) is 1. The monoisotopic (exact) mass is 322 g/mol. The van der Waals surface area contributed by atoms with Gasteiger partial charge in [-0.15, -0.1) is 11.3 Å². The first-order chi connectivity index (χ1) is 11.1. The summed E-state index contributed by atoms with van der Waals surface area (Å²) in [5.74, 6) is 0.450. The van der Waals surface area contributed by atoms with Gasteiger partial charge in [-0.1, -0.05) is 12.1 Å². The number of aryl methyl sites for hydroxylation is 1. The third-order valence-corrected chi connectivity index (χ3v) is 5.62. The topological polar surface area (TPSA) is 41.5 Å². The van der Waals surface area contributed by atoms with E-state index in [0.29, 0.717) is 6.42 Å². The maximum absolute atomic E-state index is 12.8. The SMILES string of the molecule is CC1=C2C(=O)C[C@@H](c3ccc(C)s3)CC2=Nc2ccccc2N1. The second-order valence-electron chi connectivity index (χ2n) is 6.18. The Balaban J connectivity index is 1.79. The van der Waals surface area contributed by atoms with Crippen molar-refractivity contribution in [3.05, 3.63) is 57.4 Å². The molecular formula is C19H18N2OS. The second-order valence-corrected chi connectivity index (χ2v) is 7.50. The quantitative estimate of drug-likeness (QED) is 0.805. The molecule has 3 nitrogen and oxygen atoms in total. The van der Waals surface area contributed by atoms with E-state index in [2.05, 4.69) is 24.4 Å². The van der Waals surface area contributed by atoms with E-state index in [9.17, 15) is 4.79 Å². The highest BCUT2D eigenvalue weighted by Crippen LogP contribution is 2.40. The molecule has 0 unspecified atom stereocenters. The molecule has 2 heterocycles. The van der Waals surface area contributed by atoms with E-state index in [0.717, 1.165) is 34.8 Å². The molecule has 0 radical (unpaired) electrons. The Hall–Kier alpha value is -2.20. The lowest BCUT2D eigenvalue weighted by molar-refractivity contribution is -0.115. The van der Waals surface area contributed by atoms with Crippen molar-refractivity contribution in [1.82, 2.24) is 0 Å². The Morgan fingerprint density at radius 1 is 1.13 bits per heavy atom. The van der Waals surface area contributed by atoms with Crippen LogP contribution in [0.4, 0.5) is 11.4 Å². The zero-order chi connectivity index (χ0) is 16.0. The molecule has 1 aromatic heterocycles. The number of Topliss-reactive ketones (excluding diaryl/α,β-unsaturated/α-hetero) is 1. The maximum Gasteiger partial charge on any atom is 0.167 e. The first-order valence-corrected chi connectivity index (χ1v) is 8.68. The number of para-hydroxylation sites is 2. The van der Waals surface area contributed by atoms with Gasteiger partial charge in [-0.25, -0.2) is 0 Å². The summed E-state index contributed by atoms with van der Waals surface area (Å²) in [4.78, 5) is 20.2. The number of fused-ring (bicyclic) bond motifs is 2. The summed E-state index contributed by atoms with van der Waals surface area (Å²) < 4.78 is 0. The summed E-state index contributed by atoms with van der Waals surface area (Å²) in [6.45, 7) is 4.08. The van der Waals surface area contributed by atoms with Crippen LogP contribution in [0.1, 0.15) is 35.4 Å². The largest absolute Gasteiger partial charge is 0.357 e. The molecule has 1 saturated carbocycles. The average Bonchev–Trinajstić information content (AvgIpc) is 2.88. The van der Waals surface area contributed by atoms with Crippen LogP contribution in [0, 0.1) is 6.92 Å². The lowest BCUT2D eigenvalue weighted by Gasteiger charge is -2.24. The third-order valence-electron chi connectivity index (χ3n) is 4.46. The highest BCUT2D eigenvalue weighted by Gasteiger charge is 2.33. The predicted octanol–water partition coefficient (Wildman–Crippen LogP) is 4.98. The van der Waals surface area contributed by atoms with Gasteiger partial charge >= 0.3 is 0 Å². The Labute approximate surface area is 139 Å². The lowest BCUT2D eigenvalue weighted by Crippen LogP contribution is -2.26. The minimum atomic E-state index is 0.198. The van der Waals surface area contributed by atoms with E-state index in [1.165, 1.54) is 9.75 Å². The molecule has 1 atom stereocenters. The first-order valence-electron chi connectivity index (χ1n) is 7.86. The second kappa shape index (κ2) is 5.46. The van der Waals surface area contributed by atoms with Crippen LogP contribution in [0.25, 0.3) is 0 Å². The summed E-state index contributed by atoms with van der Waals surface area (Å²) in [5.41, 5.74) is 4.50. The van der Waals surface area contributed by atoms with Gasteiger partial charge in [0.15, 0.2) is 5.78 Å². The highest BCUT2D eigenvalue weighted by molar-refractivity contribution is 7.12. The number of aliphatic imine (C=N–C) groups is 1. The number of ketones is 1. The van der Waals surface area contributed by atoms with Crippen molar-refractivity contribution in [2.45, 2.75) is 32.6 Å². The van der Waals surface area contributed by atoms with E-state index in [1.54, 1.807) is 11.3 Å². The average molecular weight is 322 g/mol. The van der Waals surface area contributed by atoms with Gasteiger partial charge in [0.1, 0.15) is 0 Å². The molecule has 1 fully saturated rings. The molecule has 0 saturated heterocycles. The molecule has 1 aliphatic carbocycles. The van der Waals surface area contributed by atoms with Crippen molar-refractivity contribution >= 4 is 34.2 Å². The van der Waals surface area contributed by atoms with Gasteiger partial charge in [-0.05, 0) is 44.5 Å². The molecule has 1 aliphatic heterocycles. The summed E-state index contributed by atoms with van der Waals surface area (Å²) in [5, 5.41) is 3.36. The molecule has 4 rings (SSSR count).